The Labute approximate surface area is 675 Å². The zero-order valence-electron chi connectivity index (χ0n) is 62.6. The van der Waals surface area contributed by atoms with Crippen LogP contribution in [0.4, 0.5) is 0 Å². The Kier molecular flexibility index (Phi) is 44.5. The van der Waals surface area contributed by atoms with Crippen LogP contribution < -0.4 is 45.9 Å². The summed E-state index contributed by atoms with van der Waals surface area (Å²) in [7, 11) is -39.5. The van der Waals surface area contributed by atoms with E-state index >= 15 is 0 Å². The number of nitrogens with two attached hydrogens (primary N) is 8. The van der Waals surface area contributed by atoms with Crippen molar-refractivity contribution in [2.45, 2.75) is 152 Å². The van der Waals surface area contributed by atoms with Gasteiger partial charge in [-0.2, -0.15) is 94.1 Å². The molecule has 0 aromatic heterocycles. The summed E-state index contributed by atoms with van der Waals surface area (Å²) < 4.78 is 139. The topological polar surface area (TPSA) is 529 Å². The highest BCUT2D eigenvalue weighted by atomic mass is 32.2. The Morgan fingerprint density at radius 2 is 0.306 bits per heavy atom. The molecule has 6 heterocycles. The molecule has 36 nitrogen and oxygen atoms in total. The van der Waals surface area contributed by atoms with Crippen molar-refractivity contribution in [1.82, 2.24) is 0 Å². The Morgan fingerprint density at radius 1 is 0.213 bits per heavy atom. The fraction of sp³-hybridized carbons (Fsp3) is 0.857. The Morgan fingerprint density at radius 3 is 0.389 bits per heavy atom. The molecule has 0 spiro atoms. The largest absolute Gasteiger partial charge is 0.479 e. The van der Waals surface area contributed by atoms with Crippen molar-refractivity contribution in [3.8, 4) is 0 Å². The van der Waals surface area contributed by atoms with E-state index in [9.17, 15) is 38.4 Å². The number of thioether (sulfide) groups is 8. The van der Waals surface area contributed by atoms with Crippen molar-refractivity contribution >= 4 is 212 Å². The summed E-state index contributed by atoms with van der Waals surface area (Å²) in [5.41, 5.74) is 51.7. The fourth-order valence-corrected chi connectivity index (χ4v) is 73.0. The smallest absolute Gasteiger partial charge is 0.465 e. The molecule has 6 saturated heterocycles. The van der Waals surface area contributed by atoms with Crippen LogP contribution in [0.2, 0.25) is 48.4 Å². The zero-order chi connectivity index (χ0) is 79.7. The lowest BCUT2D eigenvalue weighted by Gasteiger charge is -2.63. The number of hydrogen-bond donors (Lipinski definition) is 8. The van der Waals surface area contributed by atoms with Crippen molar-refractivity contribution in [2.75, 3.05) is 145 Å². The van der Waals surface area contributed by atoms with Gasteiger partial charge in [0.05, 0.1) is 52.9 Å². The maximum Gasteiger partial charge on any atom is 0.479 e. The van der Waals surface area contributed by atoms with Crippen LogP contribution in [-0.2, 0) is 126 Å². The van der Waals surface area contributed by atoms with E-state index in [0.717, 1.165) is 0 Å². The van der Waals surface area contributed by atoms with E-state index in [2.05, 4.69) is 0 Å². The minimum absolute atomic E-state index is 0.0416. The van der Waals surface area contributed by atoms with Crippen molar-refractivity contribution in [2.24, 2.45) is 45.9 Å². The van der Waals surface area contributed by atoms with E-state index in [4.69, 9.17) is 133 Å². The number of carbonyl (C=O) groups is 8. The molecule has 0 radical (unpaired) electrons. The van der Waals surface area contributed by atoms with Crippen LogP contribution in [0.3, 0.4) is 0 Å². The molecule has 16 N–H and O–H groups in total. The molecular weight excluding hydrogens is 1710 g/mol. The van der Waals surface area contributed by atoms with E-state index in [1.54, 1.807) is 55.4 Å². The normalized spacial score (nSPS) is 27.9. The standard InChI is InChI=1S/C56H112N8O28S8Si8/c1-9-73-49(65)41(57)33-93-17-25-101-81-102(26-18-94-34-42(58)50(66)74-10-2)84-105(29-21-97-37-45(61)53(69)77-13-5)86-103(82-101,27-19-95-35-43(59)51(67)75-11-3)88-107(31-23-99-39-47(63)55(71)79-15-7)89-104(83-101,28-20-96-36-44(60)52(68)76-12-4)87-106(85-102,30-22-98-38-46(62)54(70)78-14-6)91-108(90-105,92-107)32-24-100-40-48(64)56(72)80-16-8/h41-48H,9-40,57-64H2,1-8H3/t41-,42-,43-,44-,45-,46-,47-,48-,101?,102?,103?,104?,105?,106?,107?,108?/m0/s1. The van der Waals surface area contributed by atoms with Crippen molar-refractivity contribution in [3.05, 3.63) is 0 Å². The van der Waals surface area contributed by atoms with Gasteiger partial charge in [0.1, 0.15) is 48.3 Å². The molecule has 0 aliphatic carbocycles. The van der Waals surface area contributed by atoms with E-state index in [0.29, 0.717) is 0 Å². The molecule has 8 bridgehead atoms. The van der Waals surface area contributed by atoms with Gasteiger partial charge >= 0.3 is 118 Å². The highest BCUT2D eigenvalue weighted by Crippen LogP contribution is 2.55. The molecular formula is C56H112N8O28S8Si8. The Bertz CT molecular complexity index is 2240. The Hall–Kier alpha value is -0.505. The molecule has 0 aromatic carbocycles. The second-order valence-corrected chi connectivity index (χ2v) is 58.1. The maximum absolute atomic E-state index is 13.1. The first kappa shape index (κ1) is 98.1. The molecule has 8 atom stereocenters. The molecule has 6 fully saturated rings. The van der Waals surface area contributed by atoms with Crippen LogP contribution in [0.25, 0.3) is 0 Å². The second-order valence-electron chi connectivity index (χ2n) is 24.2. The van der Waals surface area contributed by atoms with Crippen LogP contribution >= 0.6 is 94.1 Å². The third-order valence-corrected chi connectivity index (χ3v) is 63.6. The van der Waals surface area contributed by atoms with E-state index in [1.807, 2.05) is 0 Å². The summed E-state index contributed by atoms with van der Waals surface area (Å²) in [5.74, 6) is -4.07. The molecule has 0 saturated carbocycles. The maximum atomic E-state index is 13.1. The third-order valence-electron chi connectivity index (χ3n) is 15.2. The van der Waals surface area contributed by atoms with Gasteiger partial charge in [0.2, 0.25) is 0 Å². The van der Waals surface area contributed by atoms with Gasteiger partial charge in [-0.05, 0) is 101 Å². The molecule has 6 aliphatic heterocycles. The van der Waals surface area contributed by atoms with Crippen molar-refractivity contribution in [3.63, 3.8) is 0 Å². The van der Waals surface area contributed by atoms with Crippen molar-refractivity contribution in [1.29, 1.82) is 0 Å². The van der Waals surface area contributed by atoms with Crippen LogP contribution in [0, 0.1) is 0 Å². The number of ether oxygens (including phenoxy) is 8. The molecule has 6 rings (SSSR count). The number of rotatable bonds is 56. The summed E-state index contributed by atoms with van der Waals surface area (Å²) in [4.78, 5) is 105. The van der Waals surface area contributed by atoms with Gasteiger partial charge in [0.25, 0.3) is 0 Å². The first-order valence-electron chi connectivity index (χ1n) is 35.8. The van der Waals surface area contributed by atoms with Gasteiger partial charge in [0.15, 0.2) is 0 Å². The molecule has 624 valence electrons. The SMILES string of the molecule is CCOC(=O)[C@@H](N)CSCC[Si]12O[Si]3(CCSC[C@H](N)C(=O)OCC)O[Si]4(CCSC[C@H](N)C(=O)OCC)O[Si](CCSC[C@H](N)C(=O)OCC)(O1)O[Si]1(CCSC[C@H](N)C(=O)OCC)O[Si](CCSC[C@H](N)C(=O)OCC)(O2)O[Si](CCSC[C@H](N)C(=O)OCC)(O3)O[Si](CCSC[C@H](N)C(=O)OCC)(O4)O1. The number of hydrogen-bond acceptors (Lipinski definition) is 44. The number of esters is 8. The van der Waals surface area contributed by atoms with Crippen LogP contribution in [0.5, 0.6) is 0 Å². The average Bonchev–Trinajstić information content (AvgIpc) is 0.687. The predicted octanol–water partition coefficient (Wildman–Crippen LogP) is 0.754. The van der Waals surface area contributed by atoms with E-state index < -0.39 is 167 Å². The van der Waals surface area contributed by atoms with Gasteiger partial charge < -0.3 is 133 Å². The minimum atomic E-state index is -4.94. The lowest BCUT2D eigenvalue weighted by molar-refractivity contribution is -0.144. The minimum Gasteiger partial charge on any atom is -0.465 e. The molecule has 6 aliphatic rings. The summed E-state index contributed by atoms with van der Waals surface area (Å²) in [6, 6.07) is -9.79. The monoisotopic (exact) mass is 1820 g/mol. The highest BCUT2D eigenvalue weighted by molar-refractivity contribution is 8.01. The van der Waals surface area contributed by atoms with Crippen LogP contribution in [0.15, 0.2) is 0 Å². The third kappa shape index (κ3) is 31.4. The summed E-state index contributed by atoms with van der Waals surface area (Å²) in [5, 5.41) is 0. The molecule has 0 aromatic rings. The second kappa shape index (κ2) is 49.0. The first-order chi connectivity index (χ1) is 51.4. The predicted molar refractivity (Wildman–Crippen MR) is 433 cm³/mol. The molecule has 0 unspecified atom stereocenters. The lowest BCUT2D eigenvalue weighted by Crippen LogP contribution is -2.88. The number of carbonyl (C=O) groups excluding carboxylic acids is 8. The summed E-state index contributed by atoms with van der Waals surface area (Å²) in [6.07, 6.45) is 0. The van der Waals surface area contributed by atoms with Gasteiger partial charge in [-0.15, -0.1) is 0 Å². The van der Waals surface area contributed by atoms with Crippen molar-refractivity contribution < 1.29 is 126 Å². The van der Waals surface area contributed by atoms with Gasteiger partial charge in [-0.25, -0.2) is 0 Å². The first-order valence-corrected chi connectivity index (χ1v) is 60.5. The highest BCUT2D eigenvalue weighted by Gasteiger charge is 2.83. The molecule has 108 heavy (non-hydrogen) atoms. The average molecular weight is 1830 g/mol. The van der Waals surface area contributed by atoms with Crippen LogP contribution in [0.1, 0.15) is 55.4 Å². The lowest BCUT2D eigenvalue weighted by atomic mass is 10.4. The van der Waals surface area contributed by atoms with Gasteiger partial charge in [-0.1, -0.05) is 0 Å². The quantitative estimate of drug-likeness (QED) is 0.0180. The van der Waals surface area contributed by atoms with Crippen LogP contribution in [-0.4, -0.2) is 311 Å². The van der Waals surface area contributed by atoms with E-state index in [-0.39, 0.29) is 193 Å². The van der Waals surface area contributed by atoms with Gasteiger partial charge in [0, 0.05) is 94.4 Å². The molecule has 0 amide bonds. The van der Waals surface area contributed by atoms with E-state index in [1.165, 1.54) is 94.1 Å². The van der Waals surface area contributed by atoms with Gasteiger partial charge in [-0.3, -0.25) is 38.4 Å². The summed E-state index contributed by atoms with van der Waals surface area (Å²) >= 11 is 10.1. The summed E-state index contributed by atoms with van der Waals surface area (Å²) in [6.45, 7) is 13.9. The zero-order valence-corrected chi connectivity index (χ0v) is 77.1. The molecule has 52 heteroatoms. The fourth-order valence-electron chi connectivity index (χ4n) is 10.4. The Balaban J connectivity index is 1.97.